The van der Waals surface area contributed by atoms with Gasteiger partial charge in [0.05, 0.1) is 6.21 Å². The highest BCUT2D eigenvalue weighted by molar-refractivity contribution is 5.84. The van der Waals surface area contributed by atoms with Crippen molar-refractivity contribution in [3.63, 3.8) is 0 Å². The van der Waals surface area contributed by atoms with E-state index in [4.69, 9.17) is 9.47 Å². The summed E-state index contributed by atoms with van der Waals surface area (Å²) in [6, 6.07) is 25.0. The predicted octanol–water partition coefficient (Wildman–Crippen LogP) is 4.49. The smallest absolute Gasteiger partial charge is 0.280 e. The highest BCUT2D eigenvalue weighted by Crippen LogP contribution is 2.19. The first kappa shape index (κ1) is 20.1. The molecule has 1 amide bonds. The first-order chi connectivity index (χ1) is 14.1. The Morgan fingerprint density at radius 2 is 1.62 bits per heavy atom. The molecule has 0 aromatic heterocycles. The molecule has 3 aromatic carbocycles. The van der Waals surface area contributed by atoms with Gasteiger partial charge in [-0.3, -0.25) is 4.79 Å². The normalized spacial score (nSPS) is 11.8. The van der Waals surface area contributed by atoms with Crippen molar-refractivity contribution in [2.75, 3.05) is 0 Å². The van der Waals surface area contributed by atoms with Crippen LogP contribution in [0.1, 0.15) is 23.6 Å². The molecule has 29 heavy (non-hydrogen) atoms. The minimum atomic E-state index is -0.679. The minimum absolute atomic E-state index is 0.322. The molecule has 1 atom stereocenters. The van der Waals surface area contributed by atoms with Crippen LogP contribution < -0.4 is 14.9 Å². The average Bonchev–Trinajstić information content (AvgIpc) is 2.75. The van der Waals surface area contributed by atoms with Gasteiger partial charge in [0.15, 0.2) is 6.10 Å². The monoisotopic (exact) mass is 388 g/mol. The second-order valence-corrected chi connectivity index (χ2v) is 6.65. The standard InChI is InChI=1S/C24H24N2O3/c1-18-8-10-20(11-9-18)16-25-26-24(27)19(2)29-23-14-12-22(13-15-23)28-17-21-6-4-3-5-7-21/h3-16,19H,17H2,1-2H3,(H,26,27)/b25-16-/t19-/m0/s1. The van der Waals surface area contributed by atoms with E-state index in [-0.39, 0.29) is 5.91 Å². The van der Waals surface area contributed by atoms with Crippen molar-refractivity contribution in [1.82, 2.24) is 5.43 Å². The third-order valence-corrected chi connectivity index (χ3v) is 4.22. The van der Waals surface area contributed by atoms with Crippen molar-refractivity contribution >= 4 is 12.1 Å². The largest absolute Gasteiger partial charge is 0.489 e. The quantitative estimate of drug-likeness (QED) is 0.457. The maximum absolute atomic E-state index is 12.1. The lowest BCUT2D eigenvalue weighted by atomic mass is 10.2. The highest BCUT2D eigenvalue weighted by Gasteiger charge is 2.13. The van der Waals surface area contributed by atoms with E-state index in [1.165, 1.54) is 5.56 Å². The second kappa shape index (κ2) is 10.1. The molecule has 0 aliphatic carbocycles. The highest BCUT2D eigenvalue weighted by atomic mass is 16.5. The Balaban J connectivity index is 1.46. The molecule has 0 radical (unpaired) electrons. The molecule has 0 unspecified atom stereocenters. The summed E-state index contributed by atoms with van der Waals surface area (Å²) in [5.74, 6) is 1.00. The van der Waals surface area contributed by atoms with Crippen LogP contribution in [0.4, 0.5) is 0 Å². The topological polar surface area (TPSA) is 59.9 Å². The molecule has 3 aromatic rings. The SMILES string of the molecule is Cc1ccc(/C=N\NC(=O)[C@H](C)Oc2ccc(OCc3ccccc3)cc2)cc1. The van der Waals surface area contributed by atoms with Gasteiger partial charge >= 0.3 is 0 Å². The maximum Gasteiger partial charge on any atom is 0.280 e. The summed E-state index contributed by atoms with van der Waals surface area (Å²) in [7, 11) is 0. The van der Waals surface area contributed by atoms with Crippen LogP contribution in [0.5, 0.6) is 11.5 Å². The summed E-state index contributed by atoms with van der Waals surface area (Å²) in [6.07, 6.45) is 0.921. The molecule has 0 aliphatic heterocycles. The van der Waals surface area contributed by atoms with E-state index in [2.05, 4.69) is 10.5 Å². The third-order valence-electron chi connectivity index (χ3n) is 4.22. The number of hydrogen-bond acceptors (Lipinski definition) is 4. The fourth-order valence-electron chi connectivity index (χ4n) is 2.53. The number of benzene rings is 3. The van der Waals surface area contributed by atoms with Crippen LogP contribution >= 0.6 is 0 Å². The molecule has 0 saturated carbocycles. The zero-order chi connectivity index (χ0) is 20.5. The zero-order valence-corrected chi connectivity index (χ0v) is 16.5. The lowest BCUT2D eigenvalue weighted by molar-refractivity contribution is -0.127. The number of ether oxygens (including phenoxy) is 2. The number of aryl methyl sites for hydroxylation is 1. The third kappa shape index (κ3) is 6.50. The number of nitrogens with zero attached hydrogens (tertiary/aromatic N) is 1. The van der Waals surface area contributed by atoms with Crippen molar-refractivity contribution in [2.24, 2.45) is 5.10 Å². The van der Waals surface area contributed by atoms with E-state index in [1.54, 1.807) is 25.3 Å². The van der Waals surface area contributed by atoms with Gasteiger partial charge in [0, 0.05) is 0 Å². The van der Waals surface area contributed by atoms with Crippen LogP contribution in [0.15, 0.2) is 84.0 Å². The van der Waals surface area contributed by atoms with E-state index in [1.807, 2.05) is 73.7 Å². The van der Waals surface area contributed by atoms with Crippen molar-refractivity contribution < 1.29 is 14.3 Å². The Labute approximate surface area is 171 Å². The lowest BCUT2D eigenvalue weighted by Gasteiger charge is -2.13. The Morgan fingerprint density at radius 3 is 2.31 bits per heavy atom. The lowest BCUT2D eigenvalue weighted by Crippen LogP contribution is -2.33. The van der Waals surface area contributed by atoms with Crippen LogP contribution in [-0.2, 0) is 11.4 Å². The Bertz CT molecular complexity index is 936. The van der Waals surface area contributed by atoms with Crippen molar-refractivity contribution in [3.8, 4) is 11.5 Å². The molecule has 1 N–H and O–H groups in total. The molecular formula is C24H24N2O3. The van der Waals surface area contributed by atoms with E-state index < -0.39 is 6.10 Å². The molecule has 0 bridgehead atoms. The van der Waals surface area contributed by atoms with Gasteiger partial charge in [-0.2, -0.15) is 5.10 Å². The van der Waals surface area contributed by atoms with Crippen LogP contribution in [0.2, 0.25) is 0 Å². The van der Waals surface area contributed by atoms with Crippen molar-refractivity contribution in [1.29, 1.82) is 0 Å². The zero-order valence-electron chi connectivity index (χ0n) is 16.5. The minimum Gasteiger partial charge on any atom is -0.489 e. The van der Waals surface area contributed by atoms with Gasteiger partial charge in [0.25, 0.3) is 5.91 Å². The van der Waals surface area contributed by atoms with Crippen LogP contribution in [-0.4, -0.2) is 18.2 Å². The predicted molar refractivity (Wildman–Crippen MR) is 114 cm³/mol. The first-order valence-electron chi connectivity index (χ1n) is 9.43. The van der Waals surface area contributed by atoms with Gasteiger partial charge in [0.2, 0.25) is 0 Å². The van der Waals surface area contributed by atoms with Gasteiger partial charge in [-0.25, -0.2) is 5.43 Å². The summed E-state index contributed by atoms with van der Waals surface area (Å²) in [5.41, 5.74) is 5.68. The molecule has 5 heteroatoms. The summed E-state index contributed by atoms with van der Waals surface area (Å²) >= 11 is 0. The summed E-state index contributed by atoms with van der Waals surface area (Å²) in [6.45, 7) is 4.19. The second-order valence-electron chi connectivity index (χ2n) is 6.65. The summed E-state index contributed by atoms with van der Waals surface area (Å²) < 4.78 is 11.4. The van der Waals surface area contributed by atoms with Gasteiger partial charge in [-0.15, -0.1) is 0 Å². The molecule has 0 fully saturated rings. The fraction of sp³-hybridized carbons (Fsp3) is 0.167. The average molecular weight is 388 g/mol. The summed E-state index contributed by atoms with van der Waals surface area (Å²) in [4.78, 5) is 12.1. The number of carbonyl (C=O) groups is 1. The van der Waals surface area contributed by atoms with E-state index in [0.29, 0.717) is 12.4 Å². The molecule has 0 saturated heterocycles. The molecule has 3 rings (SSSR count). The molecule has 148 valence electrons. The maximum atomic E-state index is 12.1. The Kier molecular flexibility index (Phi) is 7.00. The number of hydrogen-bond donors (Lipinski definition) is 1. The molecule has 0 aliphatic rings. The van der Waals surface area contributed by atoms with E-state index in [0.717, 1.165) is 16.9 Å². The molecule has 5 nitrogen and oxygen atoms in total. The van der Waals surface area contributed by atoms with Crippen LogP contribution in [0, 0.1) is 6.92 Å². The molecule has 0 heterocycles. The molecule has 0 spiro atoms. The Hall–Kier alpha value is -3.60. The summed E-state index contributed by atoms with van der Waals surface area (Å²) in [5, 5.41) is 3.98. The molecular weight excluding hydrogens is 364 g/mol. The number of nitrogens with one attached hydrogen (secondary N) is 1. The fourth-order valence-corrected chi connectivity index (χ4v) is 2.53. The van der Waals surface area contributed by atoms with Crippen molar-refractivity contribution in [3.05, 3.63) is 95.6 Å². The van der Waals surface area contributed by atoms with Gasteiger partial charge in [-0.05, 0) is 49.2 Å². The number of rotatable bonds is 8. The van der Waals surface area contributed by atoms with Gasteiger partial charge in [-0.1, -0.05) is 60.2 Å². The van der Waals surface area contributed by atoms with Gasteiger partial charge in [0.1, 0.15) is 18.1 Å². The number of amides is 1. The van der Waals surface area contributed by atoms with Gasteiger partial charge < -0.3 is 9.47 Å². The van der Waals surface area contributed by atoms with E-state index >= 15 is 0 Å². The number of carbonyl (C=O) groups excluding carboxylic acids is 1. The van der Waals surface area contributed by atoms with E-state index in [9.17, 15) is 4.79 Å². The van der Waals surface area contributed by atoms with Crippen LogP contribution in [0.3, 0.4) is 0 Å². The van der Waals surface area contributed by atoms with Crippen molar-refractivity contribution in [2.45, 2.75) is 26.6 Å². The van der Waals surface area contributed by atoms with Crippen LogP contribution in [0.25, 0.3) is 0 Å². The number of hydrazone groups is 1. The first-order valence-corrected chi connectivity index (χ1v) is 9.43. The Morgan fingerprint density at radius 1 is 0.966 bits per heavy atom.